The fourth-order valence-corrected chi connectivity index (χ4v) is 4.88. The van der Waals surface area contributed by atoms with Crippen LogP contribution in [0.25, 0.3) is 11.4 Å². The number of amides is 1. The summed E-state index contributed by atoms with van der Waals surface area (Å²) in [6.45, 7) is 4.17. The van der Waals surface area contributed by atoms with Crippen molar-refractivity contribution in [1.29, 1.82) is 0 Å². The number of nitrogens with one attached hydrogen (secondary N) is 1. The summed E-state index contributed by atoms with van der Waals surface area (Å²) in [4.78, 5) is 26.4. The number of aliphatic hydroxyl groups excluding tert-OH is 1. The maximum atomic E-state index is 14.2. The minimum atomic E-state index is -2.82. The third-order valence-electron chi connectivity index (χ3n) is 5.92. The summed E-state index contributed by atoms with van der Waals surface area (Å²) in [6, 6.07) is 2.21. The first kappa shape index (κ1) is 24.9. The molecule has 0 aliphatic carbocycles. The van der Waals surface area contributed by atoms with Crippen molar-refractivity contribution in [2.75, 3.05) is 11.9 Å². The Kier molecular flexibility index (Phi) is 7.05. The first-order chi connectivity index (χ1) is 18.7. The van der Waals surface area contributed by atoms with Crippen LogP contribution in [-0.4, -0.2) is 39.2 Å². The second-order valence-electron chi connectivity index (χ2n) is 9.03. The molecule has 1 aliphatic heterocycles. The van der Waals surface area contributed by atoms with E-state index in [4.69, 9.17) is 19.1 Å². The number of pyridine rings is 2. The molecule has 3 aromatic heterocycles. The lowest BCUT2D eigenvalue weighted by Gasteiger charge is -2.35. The number of likely N-dealkylation sites (N-methyl/N-ethyl adjacent to an activating group) is 1. The van der Waals surface area contributed by atoms with Crippen LogP contribution >= 0.6 is 22.9 Å². The number of thiazole rings is 1. The standard InChI is InChI=1S/C26H26ClF2N5O3S/c1-13-9-31-17(19-12-38-25(33-19)26(3,4)24(36)30-5)8-20(13)34-14(2)6-21(22(27)23(34)35)37-11-18-16(29)7-15(28)10-32-18/h6-10,12,23,35H,11H2,1-5H3,(H,30,36)/t23-/m1/s1/i11D2. The van der Waals surface area contributed by atoms with Gasteiger partial charge in [0, 0.05) is 36.5 Å². The number of carbonyl (C=O) groups excluding carboxylic acids is 1. The monoisotopic (exact) mass is 563 g/mol. The smallest absolute Gasteiger partial charge is 0.232 e. The van der Waals surface area contributed by atoms with E-state index < -0.39 is 35.5 Å². The Labute approximate surface area is 230 Å². The largest absolute Gasteiger partial charge is 0.486 e. The van der Waals surface area contributed by atoms with Crippen molar-refractivity contribution < 1.29 is 26.2 Å². The summed E-state index contributed by atoms with van der Waals surface area (Å²) < 4.78 is 49.1. The molecule has 8 nitrogen and oxygen atoms in total. The van der Waals surface area contributed by atoms with Crippen molar-refractivity contribution in [3.8, 4) is 11.4 Å². The molecular formula is C26H26ClF2N5O3S. The zero-order valence-corrected chi connectivity index (χ0v) is 22.7. The Balaban J connectivity index is 1.65. The predicted octanol–water partition coefficient (Wildman–Crippen LogP) is 4.92. The molecule has 1 aliphatic rings. The lowest BCUT2D eigenvalue weighted by atomic mass is 9.93. The number of halogens is 3. The minimum Gasteiger partial charge on any atom is -0.486 e. The van der Waals surface area contributed by atoms with E-state index in [0.717, 1.165) is 0 Å². The third kappa shape index (κ3) is 5.27. The summed E-state index contributed by atoms with van der Waals surface area (Å²) in [5, 5.41) is 15.9. The number of anilines is 1. The molecule has 1 atom stereocenters. The molecule has 0 aromatic carbocycles. The average molecular weight is 564 g/mol. The highest BCUT2D eigenvalue weighted by molar-refractivity contribution is 7.10. The summed E-state index contributed by atoms with van der Waals surface area (Å²) in [7, 11) is 1.56. The van der Waals surface area contributed by atoms with Gasteiger partial charge in [0.15, 0.2) is 12.0 Å². The van der Waals surface area contributed by atoms with Crippen LogP contribution in [0.1, 0.15) is 39.8 Å². The fourth-order valence-electron chi connectivity index (χ4n) is 3.76. The molecule has 0 unspecified atom stereocenters. The van der Waals surface area contributed by atoms with Crippen LogP contribution in [0.2, 0.25) is 0 Å². The number of aryl methyl sites for hydroxylation is 1. The highest BCUT2D eigenvalue weighted by Crippen LogP contribution is 2.37. The highest BCUT2D eigenvalue weighted by Gasteiger charge is 2.33. The van der Waals surface area contributed by atoms with Gasteiger partial charge in [-0.2, -0.15) is 0 Å². The molecule has 4 rings (SSSR count). The van der Waals surface area contributed by atoms with Gasteiger partial charge in [0.25, 0.3) is 0 Å². The van der Waals surface area contributed by atoms with Crippen molar-refractivity contribution in [2.24, 2.45) is 0 Å². The van der Waals surface area contributed by atoms with Crippen LogP contribution in [0.3, 0.4) is 0 Å². The van der Waals surface area contributed by atoms with Crippen molar-refractivity contribution in [1.82, 2.24) is 20.3 Å². The Bertz CT molecular complexity index is 1550. The predicted molar refractivity (Wildman–Crippen MR) is 141 cm³/mol. The van der Waals surface area contributed by atoms with Crippen LogP contribution in [0.15, 0.2) is 52.5 Å². The van der Waals surface area contributed by atoms with Crippen molar-refractivity contribution >= 4 is 34.5 Å². The molecular weight excluding hydrogens is 536 g/mol. The molecule has 12 heteroatoms. The quantitative estimate of drug-likeness (QED) is 0.421. The number of allylic oxidation sites excluding steroid dienone is 2. The van der Waals surface area contributed by atoms with Gasteiger partial charge in [-0.3, -0.25) is 14.8 Å². The molecule has 3 aromatic rings. The lowest BCUT2D eigenvalue weighted by molar-refractivity contribution is -0.125. The van der Waals surface area contributed by atoms with Crippen LogP contribution in [0.4, 0.5) is 14.5 Å². The van der Waals surface area contributed by atoms with E-state index >= 15 is 0 Å². The molecule has 2 N–H and O–H groups in total. The van der Waals surface area contributed by atoms with Gasteiger partial charge in [-0.15, -0.1) is 11.3 Å². The van der Waals surface area contributed by atoms with Crippen LogP contribution in [0, 0.1) is 18.6 Å². The van der Waals surface area contributed by atoms with Crippen LogP contribution in [-0.2, 0) is 21.5 Å². The topological polar surface area (TPSA) is 100 Å². The molecule has 0 radical (unpaired) electrons. The maximum Gasteiger partial charge on any atom is 0.232 e. The van der Waals surface area contributed by atoms with E-state index in [0.29, 0.717) is 45.6 Å². The summed E-state index contributed by atoms with van der Waals surface area (Å²) in [5.74, 6) is -2.62. The van der Waals surface area contributed by atoms with Crippen LogP contribution in [0.5, 0.6) is 0 Å². The Morgan fingerprint density at radius 2 is 2.03 bits per heavy atom. The summed E-state index contributed by atoms with van der Waals surface area (Å²) in [5.41, 5.74) is 1.07. The number of aliphatic hydroxyl groups is 1. The normalized spacial score (nSPS) is 17.1. The molecule has 4 heterocycles. The first-order valence-corrected chi connectivity index (χ1v) is 12.6. The number of hydrogen-bond donors (Lipinski definition) is 2. The van der Waals surface area contributed by atoms with Gasteiger partial charge in [-0.25, -0.2) is 13.8 Å². The van der Waals surface area contributed by atoms with Gasteiger partial charge >= 0.3 is 0 Å². The average Bonchev–Trinajstić information content (AvgIpc) is 3.38. The van der Waals surface area contributed by atoms with E-state index in [1.165, 1.54) is 22.3 Å². The maximum absolute atomic E-state index is 14.2. The zero-order chi connectivity index (χ0) is 29.6. The Morgan fingerprint density at radius 1 is 1.29 bits per heavy atom. The van der Waals surface area contributed by atoms with E-state index in [9.17, 15) is 18.7 Å². The Morgan fingerprint density at radius 3 is 2.71 bits per heavy atom. The fraction of sp³-hybridized carbons (Fsp3) is 0.308. The van der Waals surface area contributed by atoms with Crippen molar-refractivity contribution in [2.45, 2.75) is 45.9 Å². The number of nitrogens with zero attached hydrogens (tertiary/aromatic N) is 4. The van der Waals surface area contributed by atoms with E-state index in [1.807, 2.05) is 0 Å². The molecule has 1 amide bonds. The van der Waals surface area contributed by atoms with Gasteiger partial charge in [0.05, 0.1) is 31.4 Å². The molecule has 0 fully saturated rings. The zero-order valence-electron chi connectivity index (χ0n) is 23.1. The number of rotatable bonds is 7. The third-order valence-corrected chi connectivity index (χ3v) is 7.47. The molecule has 200 valence electrons. The number of carbonyl (C=O) groups is 1. The van der Waals surface area contributed by atoms with Gasteiger partial charge in [0.2, 0.25) is 5.91 Å². The molecule has 0 bridgehead atoms. The highest BCUT2D eigenvalue weighted by atomic mass is 35.5. The number of aromatic nitrogens is 3. The second-order valence-corrected chi connectivity index (χ2v) is 10.3. The SMILES string of the molecule is [2H]C([2H])(OC1=C(Cl)[C@@H](O)N(c2cc(-c3csc(C(C)(C)C(=O)NC)n3)ncc2C)C(C)=C1)c1ncc(F)cc1F. The van der Waals surface area contributed by atoms with Gasteiger partial charge in [-0.1, -0.05) is 11.6 Å². The summed E-state index contributed by atoms with van der Waals surface area (Å²) >= 11 is 7.75. The first-order valence-electron chi connectivity index (χ1n) is 12.4. The molecule has 38 heavy (non-hydrogen) atoms. The molecule has 0 spiro atoms. The minimum absolute atomic E-state index is 0.176. The number of ether oxygens (including phenoxy) is 1. The van der Waals surface area contributed by atoms with Crippen LogP contribution < -0.4 is 10.2 Å². The van der Waals surface area contributed by atoms with Crippen molar-refractivity contribution in [3.63, 3.8) is 0 Å². The number of hydrogen-bond acceptors (Lipinski definition) is 8. The second kappa shape index (κ2) is 10.8. The van der Waals surface area contributed by atoms with Gasteiger partial charge in [-0.05, 0) is 39.3 Å². The molecule has 0 saturated heterocycles. The van der Waals surface area contributed by atoms with Crippen molar-refractivity contribution in [3.05, 3.63) is 80.4 Å². The van der Waals surface area contributed by atoms with Gasteiger partial charge < -0.3 is 20.1 Å². The van der Waals surface area contributed by atoms with Gasteiger partial charge in [0.1, 0.15) is 33.9 Å². The van der Waals surface area contributed by atoms with E-state index in [-0.39, 0.29) is 16.7 Å². The molecule has 0 saturated carbocycles. The van der Waals surface area contributed by atoms with E-state index in [1.54, 1.807) is 52.4 Å². The summed E-state index contributed by atoms with van der Waals surface area (Å²) in [6.07, 6.45) is 2.18. The lowest BCUT2D eigenvalue weighted by Crippen LogP contribution is -2.38. The Hall–Kier alpha value is -3.41. The van der Waals surface area contributed by atoms with E-state index in [2.05, 4.69) is 20.3 Å².